The van der Waals surface area contributed by atoms with Gasteiger partial charge in [0.1, 0.15) is 0 Å². The van der Waals surface area contributed by atoms with Crippen LogP contribution < -0.4 is 5.32 Å². The van der Waals surface area contributed by atoms with E-state index in [9.17, 15) is 4.79 Å². The van der Waals surface area contributed by atoms with E-state index < -0.39 is 0 Å². The van der Waals surface area contributed by atoms with E-state index in [0.29, 0.717) is 13.2 Å². The molecule has 1 atom stereocenters. The van der Waals surface area contributed by atoms with Gasteiger partial charge in [0.05, 0.1) is 13.2 Å². The first-order valence-electron chi connectivity index (χ1n) is 5.98. The van der Waals surface area contributed by atoms with Crippen molar-refractivity contribution in [3.05, 3.63) is 0 Å². The van der Waals surface area contributed by atoms with E-state index in [1.54, 1.807) is 0 Å². The van der Waals surface area contributed by atoms with Crippen LogP contribution in [-0.2, 0) is 9.53 Å². The maximum Gasteiger partial charge on any atom is 0.319 e. The van der Waals surface area contributed by atoms with Gasteiger partial charge in [-0.3, -0.25) is 4.79 Å². The molecule has 0 spiro atoms. The average Bonchev–Trinajstić information content (AvgIpc) is 2.24. The Balaban J connectivity index is 3.91. The van der Waals surface area contributed by atoms with Crippen LogP contribution in [0.2, 0.25) is 0 Å². The Morgan fingerprint density at radius 2 is 2.00 bits per heavy atom. The Morgan fingerprint density at radius 3 is 2.47 bits per heavy atom. The van der Waals surface area contributed by atoms with Crippen molar-refractivity contribution >= 4 is 5.97 Å². The molecule has 0 aliphatic carbocycles. The molecule has 0 heterocycles. The fourth-order valence-electron chi connectivity index (χ4n) is 1.45. The molecule has 0 aliphatic heterocycles. The fraction of sp³-hybridized carbons (Fsp3) is 0.917. The molecule has 0 bridgehead atoms. The average molecular weight is 215 g/mol. The zero-order valence-corrected chi connectivity index (χ0v) is 10.6. The highest BCUT2D eigenvalue weighted by molar-refractivity contribution is 5.71. The van der Waals surface area contributed by atoms with E-state index in [2.05, 4.69) is 26.1 Å². The molecule has 3 nitrogen and oxygen atoms in total. The Labute approximate surface area is 93.6 Å². The maximum absolute atomic E-state index is 11.2. The van der Waals surface area contributed by atoms with Crippen molar-refractivity contribution in [2.24, 2.45) is 0 Å². The van der Waals surface area contributed by atoms with E-state index in [1.807, 2.05) is 6.92 Å². The van der Waals surface area contributed by atoms with Crippen molar-refractivity contribution < 1.29 is 9.53 Å². The predicted octanol–water partition coefficient (Wildman–Crippen LogP) is 2.50. The van der Waals surface area contributed by atoms with Crippen molar-refractivity contribution in [2.45, 2.75) is 58.9 Å². The van der Waals surface area contributed by atoms with Gasteiger partial charge in [0.2, 0.25) is 0 Å². The second kappa shape index (κ2) is 7.69. The lowest BCUT2D eigenvalue weighted by Gasteiger charge is -2.29. The Hall–Kier alpha value is -0.570. The number of nitrogens with one attached hydrogen (secondary N) is 1. The van der Waals surface area contributed by atoms with E-state index in [4.69, 9.17) is 4.74 Å². The van der Waals surface area contributed by atoms with E-state index in [-0.39, 0.29) is 11.5 Å². The van der Waals surface area contributed by atoms with Crippen molar-refractivity contribution in [3.8, 4) is 0 Å². The van der Waals surface area contributed by atoms with Crippen molar-refractivity contribution in [2.75, 3.05) is 13.2 Å². The number of rotatable bonds is 8. The normalized spacial score (nSPS) is 14.7. The van der Waals surface area contributed by atoms with Gasteiger partial charge in [0, 0.05) is 5.54 Å². The van der Waals surface area contributed by atoms with E-state index in [1.165, 1.54) is 12.8 Å². The lowest BCUT2D eigenvalue weighted by Crippen LogP contribution is -2.44. The minimum Gasteiger partial charge on any atom is -0.465 e. The summed E-state index contributed by atoms with van der Waals surface area (Å²) < 4.78 is 4.88. The summed E-state index contributed by atoms with van der Waals surface area (Å²) in [4.78, 5) is 11.2. The lowest BCUT2D eigenvalue weighted by atomic mass is 9.92. The molecule has 0 aliphatic rings. The Bertz CT molecular complexity index is 182. The molecule has 0 fully saturated rings. The monoisotopic (exact) mass is 215 g/mol. The first-order valence-corrected chi connectivity index (χ1v) is 5.98. The number of carbonyl (C=O) groups is 1. The first kappa shape index (κ1) is 14.4. The summed E-state index contributed by atoms with van der Waals surface area (Å²) >= 11 is 0. The van der Waals surface area contributed by atoms with Gasteiger partial charge in [-0.1, -0.05) is 26.7 Å². The number of unbranched alkanes of at least 4 members (excludes halogenated alkanes) is 1. The summed E-state index contributed by atoms with van der Waals surface area (Å²) in [6.07, 6.45) is 4.53. The highest BCUT2D eigenvalue weighted by Gasteiger charge is 2.21. The predicted molar refractivity (Wildman–Crippen MR) is 62.9 cm³/mol. The van der Waals surface area contributed by atoms with Gasteiger partial charge in [-0.15, -0.1) is 0 Å². The highest BCUT2D eigenvalue weighted by atomic mass is 16.5. The maximum atomic E-state index is 11.2. The third-order valence-corrected chi connectivity index (χ3v) is 2.83. The minimum absolute atomic E-state index is 0.0722. The molecular formula is C12H25NO2. The summed E-state index contributed by atoms with van der Waals surface area (Å²) in [5, 5.41) is 3.29. The van der Waals surface area contributed by atoms with Crippen LogP contribution in [0.3, 0.4) is 0 Å². The van der Waals surface area contributed by atoms with Crippen LogP contribution >= 0.6 is 0 Å². The topological polar surface area (TPSA) is 38.3 Å². The molecule has 0 aromatic carbocycles. The van der Waals surface area contributed by atoms with Crippen LogP contribution in [0.1, 0.15) is 53.4 Å². The number of esters is 1. The molecule has 0 amide bonds. The number of hydrogen-bond donors (Lipinski definition) is 1. The second-order valence-corrected chi connectivity index (χ2v) is 4.18. The number of hydrogen-bond acceptors (Lipinski definition) is 3. The molecule has 0 aromatic rings. The largest absolute Gasteiger partial charge is 0.465 e. The molecule has 1 N–H and O–H groups in total. The van der Waals surface area contributed by atoms with E-state index >= 15 is 0 Å². The summed E-state index contributed by atoms with van der Waals surface area (Å²) in [7, 11) is 0. The SMILES string of the molecule is CCCCC(C)(CC)NCC(=O)OCC. The van der Waals surface area contributed by atoms with Crippen LogP contribution in [0, 0.1) is 0 Å². The van der Waals surface area contributed by atoms with Gasteiger partial charge in [0.15, 0.2) is 0 Å². The van der Waals surface area contributed by atoms with Gasteiger partial charge in [-0.25, -0.2) is 0 Å². The molecule has 15 heavy (non-hydrogen) atoms. The first-order chi connectivity index (χ1) is 7.08. The minimum atomic E-state index is -0.159. The second-order valence-electron chi connectivity index (χ2n) is 4.18. The molecule has 0 aromatic heterocycles. The fourth-order valence-corrected chi connectivity index (χ4v) is 1.45. The third kappa shape index (κ3) is 6.50. The van der Waals surface area contributed by atoms with E-state index in [0.717, 1.165) is 12.8 Å². The Kier molecular flexibility index (Phi) is 7.39. The lowest BCUT2D eigenvalue weighted by molar-refractivity contribution is -0.142. The molecule has 3 heteroatoms. The van der Waals surface area contributed by atoms with Gasteiger partial charge < -0.3 is 10.1 Å². The van der Waals surface area contributed by atoms with Gasteiger partial charge in [0.25, 0.3) is 0 Å². The summed E-state index contributed by atoms with van der Waals surface area (Å²) in [5.41, 5.74) is 0.0722. The van der Waals surface area contributed by atoms with Gasteiger partial charge in [-0.2, -0.15) is 0 Å². The Morgan fingerprint density at radius 1 is 1.33 bits per heavy atom. The summed E-state index contributed by atoms with van der Waals surface area (Å²) in [5.74, 6) is -0.159. The molecule has 0 saturated heterocycles. The molecule has 0 radical (unpaired) electrons. The smallest absolute Gasteiger partial charge is 0.319 e. The van der Waals surface area contributed by atoms with Gasteiger partial charge >= 0.3 is 5.97 Å². The molecule has 0 rings (SSSR count). The van der Waals surface area contributed by atoms with Gasteiger partial charge in [-0.05, 0) is 26.7 Å². The molecular weight excluding hydrogens is 190 g/mol. The molecule has 90 valence electrons. The summed E-state index contributed by atoms with van der Waals surface area (Å²) in [6, 6.07) is 0. The number of ether oxygens (including phenoxy) is 1. The zero-order chi connectivity index (χ0) is 11.7. The standard InChI is InChI=1S/C12H25NO2/c1-5-8-9-12(4,6-2)13-10-11(14)15-7-3/h13H,5-10H2,1-4H3. The van der Waals surface area contributed by atoms with Crippen LogP contribution in [0.15, 0.2) is 0 Å². The molecule has 0 saturated carbocycles. The van der Waals surface area contributed by atoms with Crippen LogP contribution in [0.4, 0.5) is 0 Å². The number of carbonyl (C=O) groups excluding carboxylic acids is 1. The zero-order valence-electron chi connectivity index (χ0n) is 10.6. The van der Waals surface area contributed by atoms with Crippen LogP contribution in [0.25, 0.3) is 0 Å². The summed E-state index contributed by atoms with van der Waals surface area (Å²) in [6.45, 7) is 9.10. The van der Waals surface area contributed by atoms with Crippen molar-refractivity contribution in [1.82, 2.24) is 5.32 Å². The quantitative estimate of drug-likeness (QED) is 0.632. The van der Waals surface area contributed by atoms with Crippen LogP contribution in [0.5, 0.6) is 0 Å². The highest BCUT2D eigenvalue weighted by Crippen LogP contribution is 2.17. The molecule has 1 unspecified atom stereocenters. The van der Waals surface area contributed by atoms with Crippen molar-refractivity contribution in [3.63, 3.8) is 0 Å². The van der Waals surface area contributed by atoms with Crippen molar-refractivity contribution in [1.29, 1.82) is 0 Å². The van der Waals surface area contributed by atoms with Crippen LogP contribution in [-0.4, -0.2) is 24.7 Å². The third-order valence-electron chi connectivity index (χ3n) is 2.83.